The summed E-state index contributed by atoms with van der Waals surface area (Å²) in [5.41, 5.74) is 25.6. The lowest BCUT2D eigenvalue weighted by Gasteiger charge is -2.27. The second kappa shape index (κ2) is 22.4. The number of hydrogen-bond donors (Lipinski definition) is 11. The third kappa shape index (κ3) is 14.3. The summed E-state index contributed by atoms with van der Waals surface area (Å²) >= 11 is 0. The average molecular weight is 828 g/mol. The molecular formula is C41H57N13O6. The number of carbonyl (C=O) groups excluding carboxylic acids is 6. The van der Waals surface area contributed by atoms with E-state index in [1.807, 2.05) is 38.1 Å². The van der Waals surface area contributed by atoms with Crippen LogP contribution in [0, 0.1) is 5.92 Å². The van der Waals surface area contributed by atoms with Gasteiger partial charge in [-0.2, -0.15) is 0 Å². The lowest BCUT2D eigenvalue weighted by molar-refractivity contribution is -0.135. The van der Waals surface area contributed by atoms with Crippen molar-refractivity contribution >= 4 is 52.3 Å². The number of carbonyl (C=O) groups is 6. The molecule has 0 unspecified atom stereocenters. The predicted octanol–water partition coefficient (Wildman–Crippen LogP) is -0.725. The molecule has 2 heterocycles. The number of fused-ring (bicyclic) bond motifs is 1. The third-order valence-corrected chi connectivity index (χ3v) is 9.68. The summed E-state index contributed by atoms with van der Waals surface area (Å²) in [6, 6.07) is 9.62. The molecule has 0 aliphatic carbocycles. The third-order valence-electron chi connectivity index (χ3n) is 9.68. The van der Waals surface area contributed by atoms with Gasteiger partial charge in [-0.25, -0.2) is 4.98 Å². The Bertz CT molecular complexity index is 2080. The summed E-state index contributed by atoms with van der Waals surface area (Å²) in [6.07, 6.45) is 5.49. The number of imidazole rings is 1. The molecule has 19 nitrogen and oxygen atoms in total. The van der Waals surface area contributed by atoms with E-state index in [1.54, 1.807) is 36.5 Å². The minimum atomic E-state index is -1.25. The van der Waals surface area contributed by atoms with Crippen LogP contribution in [-0.2, 0) is 48.0 Å². The Kier molecular flexibility index (Phi) is 17.2. The molecular weight excluding hydrogens is 771 g/mol. The maximum atomic E-state index is 14.4. The Labute approximate surface area is 348 Å². The first-order valence-corrected chi connectivity index (χ1v) is 19.8. The first-order chi connectivity index (χ1) is 28.6. The number of para-hydroxylation sites is 1. The normalized spacial score (nSPS) is 14.2. The molecule has 2 aromatic heterocycles. The molecule has 6 atom stereocenters. The molecule has 2 aromatic carbocycles. The zero-order valence-corrected chi connectivity index (χ0v) is 34.1. The van der Waals surface area contributed by atoms with Gasteiger partial charge in [-0.15, -0.1) is 0 Å². The number of aromatic amines is 2. The second-order valence-corrected chi connectivity index (χ2v) is 15.1. The van der Waals surface area contributed by atoms with Crippen LogP contribution in [0.1, 0.15) is 56.9 Å². The fourth-order valence-corrected chi connectivity index (χ4v) is 6.50. The number of benzene rings is 2. The van der Waals surface area contributed by atoms with E-state index >= 15 is 0 Å². The van der Waals surface area contributed by atoms with Crippen LogP contribution < -0.4 is 49.5 Å². The molecule has 0 aliphatic rings. The van der Waals surface area contributed by atoms with E-state index in [9.17, 15) is 28.8 Å². The first kappa shape index (κ1) is 45.9. The topological polar surface area (TPSA) is 323 Å². The number of rotatable bonds is 23. The molecule has 0 radical (unpaired) electrons. The van der Waals surface area contributed by atoms with Gasteiger partial charge < -0.3 is 59.5 Å². The van der Waals surface area contributed by atoms with Gasteiger partial charge in [-0.05, 0) is 49.3 Å². The van der Waals surface area contributed by atoms with Crippen molar-refractivity contribution < 1.29 is 28.8 Å². The summed E-state index contributed by atoms with van der Waals surface area (Å²) in [5, 5.41) is 14.4. The van der Waals surface area contributed by atoms with Gasteiger partial charge in [0.15, 0.2) is 5.96 Å². The van der Waals surface area contributed by atoms with Crippen LogP contribution in [0.3, 0.4) is 0 Å². The van der Waals surface area contributed by atoms with Crippen LogP contribution in [-0.4, -0.2) is 99.2 Å². The van der Waals surface area contributed by atoms with Gasteiger partial charge in [0.2, 0.25) is 35.4 Å². The molecule has 322 valence electrons. The van der Waals surface area contributed by atoms with Crippen molar-refractivity contribution in [3.63, 3.8) is 0 Å². The van der Waals surface area contributed by atoms with Crippen molar-refractivity contribution in [1.29, 1.82) is 0 Å². The Morgan fingerprint density at radius 3 is 1.95 bits per heavy atom. The second-order valence-electron chi connectivity index (χ2n) is 15.1. The molecule has 0 saturated heterocycles. The van der Waals surface area contributed by atoms with Gasteiger partial charge in [0, 0.05) is 54.8 Å². The van der Waals surface area contributed by atoms with E-state index in [0.717, 1.165) is 16.5 Å². The highest BCUT2D eigenvalue weighted by Gasteiger charge is 2.33. The number of amides is 6. The van der Waals surface area contributed by atoms with Crippen LogP contribution in [0.15, 0.2) is 78.3 Å². The van der Waals surface area contributed by atoms with Crippen molar-refractivity contribution in [2.75, 3.05) is 6.54 Å². The van der Waals surface area contributed by atoms with Crippen molar-refractivity contribution in [3.8, 4) is 0 Å². The molecule has 19 heteroatoms. The van der Waals surface area contributed by atoms with Crippen LogP contribution >= 0.6 is 0 Å². The van der Waals surface area contributed by atoms with E-state index in [2.05, 4.69) is 46.5 Å². The number of aliphatic imine (C=N–C) groups is 1. The summed E-state index contributed by atoms with van der Waals surface area (Å²) in [4.78, 5) is 95.1. The SMILES string of the molecule is CC(C)C[C@H](NC(=O)[C@H](Cc1c[nH]c2ccccc12)NC(=O)[C@H](Cc1ccccc1)NC(=O)[C@H](CCCN=C(N)N)NC(=O)[C@H](C)NC(=O)[C@@H](N)Cc1cnc[nH]1)C(N)=O. The smallest absolute Gasteiger partial charge is 0.243 e. The number of H-pyrrole nitrogens is 2. The maximum absolute atomic E-state index is 14.4. The van der Waals surface area contributed by atoms with Gasteiger partial charge >= 0.3 is 0 Å². The van der Waals surface area contributed by atoms with Gasteiger partial charge in [-0.1, -0.05) is 62.4 Å². The Hall–Kier alpha value is -6.76. The largest absolute Gasteiger partial charge is 0.370 e. The molecule has 0 fully saturated rings. The average Bonchev–Trinajstić information content (AvgIpc) is 3.88. The van der Waals surface area contributed by atoms with Gasteiger partial charge in [0.1, 0.15) is 30.2 Å². The van der Waals surface area contributed by atoms with Crippen molar-refractivity contribution in [1.82, 2.24) is 41.5 Å². The molecule has 6 amide bonds. The molecule has 0 bridgehead atoms. The fraction of sp³-hybridized carbons (Fsp3) is 0.415. The summed E-state index contributed by atoms with van der Waals surface area (Å²) in [6.45, 7) is 5.35. The number of guanidine groups is 1. The lowest BCUT2D eigenvalue weighted by Crippen LogP contribution is -2.60. The van der Waals surface area contributed by atoms with E-state index in [1.165, 1.54) is 19.4 Å². The zero-order valence-electron chi connectivity index (χ0n) is 34.1. The monoisotopic (exact) mass is 827 g/mol. The van der Waals surface area contributed by atoms with E-state index in [0.29, 0.717) is 11.3 Å². The van der Waals surface area contributed by atoms with E-state index in [-0.39, 0.29) is 56.9 Å². The number of nitrogens with two attached hydrogens (primary N) is 4. The van der Waals surface area contributed by atoms with Crippen LogP contribution in [0.2, 0.25) is 0 Å². The summed E-state index contributed by atoms with van der Waals surface area (Å²) in [7, 11) is 0. The predicted molar refractivity (Wildman–Crippen MR) is 226 cm³/mol. The fourth-order valence-electron chi connectivity index (χ4n) is 6.50. The highest BCUT2D eigenvalue weighted by Crippen LogP contribution is 2.20. The number of nitrogens with zero attached hydrogens (tertiary/aromatic N) is 2. The van der Waals surface area contributed by atoms with Gasteiger partial charge in [0.05, 0.1) is 12.4 Å². The van der Waals surface area contributed by atoms with Crippen LogP contribution in [0.4, 0.5) is 0 Å². The quantitative estimate of drug-likeness (QED) is 0.0253. The molecule has 4 aromatic rings. The number of primary amides is 1. The zero-order chi connectivity index (χ0) is 43.8. The molecule has 0 aliphatic heterocycles. The highest BCUT2D eigenvalue weighted by atomic mass is 16.2. The minimum absolute atomic E-state index is 0.00639. The van der Waals surface area contributed by atoms with Crippen LogP contribution in [0.25, 0.3) is 10.9 Å². The number of aromatic nitrogens is 3. The number of nitrogens with one attached hydrogen (secondary N) is 7. The maximum Gasteiger partial charge on any atom is 0.243 e. The Morgan fingerprint density at radius 1 is 0.700 bits per heavy atom. The standard InChI is InChI=1S/C41H57N13O6/c1-23(2)16-32(35(43)55)52-40(60)34(18-26-20-48-30-13-8-7-12-28(26)30)54-39(59)33(17-25-10-5-4-6-11-25)53-38(58)31(14-9-15-47-41(44)45)51-36(56)24(3)50-37(57)29(42)19-27-21-46-22-49-27/h4-8,10-13,20-24,29,31-34,48H,9,14-19,42H2,1-3H3,(H2,43,55)(H,46,49)(H,50,57)(H,51,56)(H,52,60)(H,53,58)(H,54,59)(H4,44,45,47)/t24-,29-,31-,32-,33-,34-/m0/s1. The molecule has 0 saturated carbocycles. The van der Waals surface area contributed by atoms with Crippen molar-refractivity contribution in [3.05, 3.63) is 90.1 Å². The number of hydrogen-bond acceptors (Lipinski definition) is 9. The van der Waals surface area contributed by atoms with Crippen LogP contribution in [0.5, 0.6) is 0 Å². The molecule has 15 N–H and O–H groups in total. The molecule has 4 rings (SSSR count). The minimum Gasteiger partial charge on any atom is -0.370 e. The van der Waals surface area contributed by atoms with E-state index < -0.39 is 71.7 Å². The Morgan fingerprint density at radius 2 is 1.32 bits per heavy atom. The first-order valence-electron chi connectivity index (χ1n) is 19.8. The van der Waals surface area contributed by atoms with Crippen molar-refractivity contribution in [2.45, 2.75) is 95.5 Å². The van der Waals surface area contributed by atoms with Gasteiger partial charge in [0.25, 0.3) is 0 Å². The van der Waals surface area contributed by atoms with Gasteiger partial charge in [-0.3, -0.25) is 33.8 Å². The summed E-state index contributed by atoms with van der Waals surface area (Å²) in [5.74, 6) is -4.21. The highest BCUT2D eigenvalue weighted by molar-refractivity contribution is 5.97. The van der Waals surface area contributed by atoms with Crippen molar-refractivity contribution in [2.24, 2.45) is 33.8 Å². The summed E-state index contributed by atoms with van der Waals surface area (Å²) < 4.78 is 0. The van der Waals surface area contributed by atoms with E-state index in [4.69, 9.17) is 22.9 Å². The molecule has 0 spiro atoms. The Balaban J connectivity index is 1.58. The lowest BCUT2D eigenvalue weighted by atomic mass is 10.00. The molecule has 60 heavy (non-hydrogen) atoms.